The first-order valence-electron chi connectivity index (χ1n) is 4.23. The fourth-order valence-electron chi connectivity index (χ4n) is 0.316. The summed E-state index contributed by atoms with van der Waals surface area (Å²) >= 11 is 0. The fraction of sp³-hybridized carbons (Fsp3) is 0.333. The maximum atomic E-state index is 3.55. The minimum absolute atomic E-state index is 1.27. The Labute approximate surface area is 78.0 Å². The normalized spacial score (nSPS) is 9.17. The summed E-state index contributed by atoms with van der Waals surface area (Å²) in [6.07, 6.45) is 7.77. The molecule has 0 N–H and O–H groups in total. The van der Waals surface area contributed by atoms with Crippen molar-refractivity contribution in [2.24, 2.45) is 0 Å². The van der Waals surface area contributed by atoms with Gasteiger partial charge in [0.1, 0.15) is 0 Å². The second kappa shape index (κ2) is 22.5. The van der Waals surface area contributed by atoms with E-state index < -0.39 is 0 Å². The van der Waals surface area contributed by atoms with Gasteiger partial charge in [0.15, 0.2) is 0 Å². The van der Waals surface area contributed by atoms with Gasteiger partial charge in [0.25, 0.3) is 0 Å². The maximum Gasteiger partial charge on any atom is -0.0401 e. The van der Waals surface area contributed by atoms with E-state index in [1.165, 1.54) is 5.57 Å². The Bertz CT molecular complexity index is 127. The number of rotatable bonds is 2. The lowest BCUT2D eigenvalue weighted by Crippen LogP contribution is -1.60. The van der Waals surface area contributed by atoms with Crippen molar-refractivity contribution in [3.8, 4) is 0 Å². The lowest BCUT2D eigenvalue weighted by atomic mass is 10.3. The molecule has 0 saturated heterocycles. The first-order chi connectivity index (χ1) is 5.81. The van der Waals surface area contributed by atoms with Gasteiger partial charge in [-0.2, -0.15) is 0 Å². The number of allylic oxidation sites excluding steroid dienone is 5. The van der Waals surface area contributed by atoms with Crippen LogP contribution in [0, 0.1) is 0 Å². The van der Waals surface area contributed by atoms with E-state index >= 15 is 0 Å². The van der Waals surface area contributed by atoms with E-state index in [2.05, 4.69) is 32.7 Å². The molecule has 0 heteroatoms. The van der Waals surface area contributed by atoms with Crippen molar-refractivity contribution in [2.45, 2.75) is 27.7 Å². The van der Waals surface area contributed by atoms with Crippen molar-refractivity contribution in [3.05, 3.63) is 49.6 Å². The zero-order valence-corrected chi connectivity index (χ0v) is 8.93. The molecule has 0 aliphatic carbocycles. The molecule has 0 aromatic carbocycles. The van der Waals surface area contributed by atoms with Crippen LogP contribution in [0.25, 0.3) is 0 Å². The van der Waals surface area contributed by atoms with E-state index in [0.717, 1.165) is 0 Å². The van der Waals surface area contributed by atoms with Gasteiger partial charge in [-0.3, -0.25) is 0 Å². The second-order valence-corrected chi connectivity index (χ2v) is 1.63. The average Bonchev–Trinajstić information content (AvgIpc) is 2.20. The molecule has 0 aromatic heterocycles. The zero-order valence-electron chi connectivity index (χ0n) is 8.93. The van der Waals surface area contributed by atoms with Crippen LogP contribution in [0.15, 0.2) is 49.6 Å². The summed E-state index contributed by atoms with van der Waals surface area (Å²) < 4.78 is 0. The highest BCUT2D eigenvalue weighted by Gasteiger charge is 1.70. The Balaban J connectivity index is -0.000000175. The molecule has 0 bridgehead atoms. The average molecular weight is 166 g/mol. The predicted octanol–water partition coefficient (Wildman–Crippen LogP) is 4.52. The van der Waals surface area contributed by atoms with Crippen molar-refractivity contribution in [1.29, 1.82) is 0 Å². The van der Waals surface area contributed by atoms with Crippen LogP contribution in [0.4, 0.5) is 0 Å². The molecule has 0 aliphatic heterocycles. The molecule has 0 amide bonds. The van der Waals surface area contributed by atoms with E-state index in [0.29, 0.717) is 0 Å². The van der Waals surface area contributed by atoms with E-state index in [1.54, 1.807) is 6.08 Å². The molecule has 0 aliphatic rings. The van der Waals surface area contributed by atoms with Crippen molar-refractivity contribution >= 4 is 0 Å². The first kappa shape index (κ1) is 17.2. The van der Waals surface area contributed by atoms with Gasteiger partial charge in [0, 0.05) is 0 Å². The Kier molecular flexibility index (Phi) is 32.2. The van der Waals surface area contributed by atoms with Crippen LogP contribution in [0.3, 0.4) is 0 Å². The zero-order chi connectivity index (χ0) is 10.4. The van der Waals surface area contributed by atoms with Gasteiger partial charge in [-0.25, -0.2) is 0 Å². The van der Waals surface area contributed by atoms with Crippen molar-refractivity contribution in [1.82, 2.24) is 0 Å². The molecule has 0 rings (SSSR count). The van der Waals surface area contributed by atoms with Crippen LogP contribution in [0.5, 0.6) is 0 Å². The Morgan fingerprint density at radius 1 is 1.17 bits per heavy atom. The molecule has 0 aromatic rings. The number of hydrogen-bond acceptors (Lipinski definition) is 0. The Hall–Kier alpha value is -1.04. The predicted molar refractivity (Wildman–Crippen MR) is 61.4 cm³/mol. The molecule has 0 radical (unpaired) electrons. The van der Waals surface area contributed by atoms with Gasteiger partial charge < -0.3 is 0 Å². The fourth-order valence-corrected chi connectivity index (χ4v) is 0.316. The standard InChI is InChI=1S/C8H12.C2H6.C2H4/c1-4-6-7-8(3)5-2;2*1-2/h4-7H,1H2,2-3H3;1-2H3;1-2H2/b7-6-,8-5-;;. The molecule has 0 heterocycles. The third-order valence-electron chi connectivity index (χ3n) is 0.951. The maximum absolute atomic E-state index is 3.55. The summed E-state index contributed by atoms with van der Waals surface area (Å²) in [5, 5.41) is 0. The third-order valence-corrected chi connectivity index (χ3v) is 0.951. The van der Waals surface area contributed by atoms with Crippen LogP contribution < -0.4 is 0 Å². The molecule has 70 valence electrons. The van der Waals surface area contributed by atoms with Crippen LogP contribution in [0.1, 0.15) is 27.7 Å². The van der Waals surface area contributed by atoms with Crippen molar-refractivity contribution in [3.63, 3.8) is 0 Å². The first-order valence-corrected chi connectivity index (χ1v) is 4.23. The van der Waals surface area contributed by atoms with Gasteiger partial charge in [-0.15, -0.1) is 13.2 Å². The van der Waals surface area contributed by atoms with E-state index in [1.807, 2.05) is 32.9 Å². The monoisotopic (exact) mass is 166 g/mol. The smallest absolute Gasteiger partial charge is 0.0401 e. The summed E-state index contributed by atoms with van der Waals surface area (Å²) in [5.74, 6) is 0. The number of hydrogen-bond donors (Lipinski definition) is 0. The molecular formula is C12H22. The Morgan fingerprint density at radius 3 is 1.83 bits per heavy atom. The Morgan fingerprint density at radius 2 is 1.58 bits per heavy atom. The molecule has 0 unspecified atom stereocenters. The second-order valence-electron chi connectivity index (χ2n) is 1.63. The van der Waals surface area contributed by atoms with E-state index in [-0.39, 0.29) is 0 Å². The van der Waals surface area contributed by atoms with E-state index in [4.69, 9.17) is 0 Å². The lowest BCUT2D eigenvalue weighted by Gasteiger charge is -1.82. The quantitative estimate of drug-likeness (QED) is 0.418. The molecule has 0 spiro atoms. The summed E-state index contributed by atoms with van der Waals surface area (Å²) in [4.78, 5) is 0. The van der Waals surface area contributed by atoms with Gasteiger partial charge in [-0.05, 0) is 13.8 Å². The lowest BCUT2D eigenvalue weighted by molar-refractivity contribution is 1.48. The van der Waals surface area contributed by atoms with Gasteiger partial charge >= 0.3 is 0 Å². The molecule has 0 saturated carbocycles. The molecular weight excluding hydrogens is 144 g/mol. The van der Waals surface area contributed by atoms with Crippen LogP contribution in [-0.4, -0.2) is 0 Å². The minimum Gasteiger partial charge on any atom is -0.106 e. The highest BCUT2D eigenvalue weighted by Crippen LogP contribution is 1.92. The van der Waals surface area contributed by atoms with Crippen LogP contribution in [0.2, 0.25) is 0 Å². The van der Waals surface area contributed by atoms with Crippen molar-refractivity contribution < 1.29 is 0 Å². The summed E-state index contributed by atoms with van der Waals surface area (Å²) in [7, 11) is 0. The van der Waals surface area contributed by atoms with Crippen molar-refractivity contribution in [2.75, 3.05) is 0 Å². The highest BCUT2D eigenvalue weighted by molar-refractivity contribution is 5.18. The van der Waals surface area contributed by atoms with Gasteiger partial charge in [0.05, 0.1) is 0 Å². The summed E-state index contributed by atoms with van der Waals surface area (Å²) in [6, 6.07) is 0. The summed E-state index contributed by atoms with van der Waals surface area (Å²) in [5.41, 5.74) is 1.27. The van der Waals surface area contributed by atoms with Gasteiger partial charge in [0.2, 0.25) is 0 Å². The van der Waals surface area contributed by atoms with Crippen LogP contribution in [-0.2, 0) is 0 Å². The molecule has 0 nitrogen and oxygen atoms in total. The van der Waals surface area contributed by atoms with E-state index in [9.17, 15) is 0 Å². The SMILES string of the molecule is C=C.C=C/C=C\C(C)=C/C.CC. The largest absolute Gasteiger partial charge is 0.106 e. The van der Waals surface area contributed by atoms with Gasteiger partial charge in [-0.1, -0.05) is 50.3 Å². The molecule has 0 fully saturated rings. The minimum atomic E-state index is 1.27. The third kappa shape index (κ3) is 23.1. The van der Waals surface area contributed by atoms with Crippen LogP contribution >= 0.6 is 0 Å². The molecule has 0 atom stereocenters. The highest BCUT2D eigenvalue weighted by atomic mass is 13.8. The summed E-state index contributed by atoms with van der Waals surface area (Å²) in [6.45, 7) is 17.6. The topological polar surface area (TPSA) is 0 Å². The molecule has 12 heavy (non-hydrogen) atoms.